The first-order chi connectivity index (χ1) is 12.4. The molecule has 0 spiro atoms. The quantitative estimate of drug-likeness (QED) is 0.360. The Labute approximate surface area is 174 Å². The van der Waals surface area contributed by atoms with Crippen LogP contribution in [-0.2, 0) is 0 Å². The van der Waals surface area contributed by atoms with Gasteiger partial charge in [-0.2, -0.15) is 0 Å². The second-order valence-corrected chi connectivity index (χ2v) is 6.58. The SMILES string of the molecule is CCCCCCCCOc1ccc2cc(-c3ccncc3)ccc2c1.[IH2+]. The van der Waals surface area contributed by atoms with E-state index in [1.54, 1.807) is 0 Å². The average molecular weight is 462 g/mol. The Balaban J connectivity index is 0.00000243. The average Bonchev–Trinajstić information content (AvgIpc) is 2.67. The molecule has 0 unspecified atom stereocenters. The van der Waals surface area contributed by atoms with E-state index in [9.17, 15) is 0 Å². The Morgan fingerprint density at radius 1 is 0.731 bits per heavy atom. The van der Waals surface area contributed by atoms with Gasteiger partial charge in [0.05, 0.1) is 6.61 Å². The number of pyridine rings is 1. The lowest BCUT2D eigenvalue weighted by Gasteiger charge is -2.09. The van der Waals surface area contributed by atoms with Gasteiger partial charge in [-0.15, -0.1) is 0 Å². The van der Waals surface area contributed by atoms with E-state index >= 15 is 0 Å². The van der Waals surface area contributed by atoms with Crippen molar-refractivity contribution in [3.05, 3.63) is 60.9 Å². The van der Waals surface area contributed by atoms with Crippen LogP contribution in [-0.4, -0.2) is 11.6 Å². The molecule has 0 N–H and O–H groups in total. The summed E-state index contributed by atoms with van der Waals surface area (Å²) in [7, 11) is 0. The van der Waals surface area contributed by atoms with Crippen molar-refractivity contribution in [2.75, 3.05) is 6.61 Å². The van der Waals surface area contributed by atoms with Crippen molar-refractivity contribution in [2.45, 2.75) is 45.4 Å². The molecule has 0 aliphatic rings. The fraction of sp³-hybridized carbons (Fsp3) is 0.348. The molecule has 138 valence electrons. The number of hydrogen-bond acceptors (Lipinski definition) is 2. The topological polar surface area (TPSA) is 22.1 Å². The molecular weight excluding hydrogens is 433 g/mol. The van der Waals surface area contributed by atoms with Crippen LogP contribution in [0.2, 0.25) is 0 Å². The number of rotatable bonds is 9. The van der Waals surface area contributed by atoms with Crippen LogP contribution >= 0.6 is 0 Å². The van der Waals surface area contributed by atoms with Gasteiger partial charge in [0.1, 0.15) is 5.75 Å². The molecule has 0 fully saturated rings. The van der Waals surface area contributed by atoms with E-state index < -0.39 is 0 Å². The van der Waals surface area contributed by atoms with Crippen LogP contribution in [0.25, 0.3) is 21.9 Å². The van der Waals surface area contributed by atoms with Crippen LogP contribution in [0.3, 0.4) is 0 Å². The van der Waals surface area contributed by atoms with E-state index in [1.165, 1.54) is 54.0 Å². The third-order valence-electron chi connectivity index (χ3n) is 4.59. The maximum absolute atomic E-state index is 5.93. The largest absolute Gasteiger partial charge is 0.494 e. The van der Waals surface area contributed by atoms with Crippen LogP contribution < -0.4 is 28.7 Å². The van der Waals surface area contributed by atoms with Crippen LogP contribution in [0.15, 0.2) is 60.9 Å². The number of aromatic nitrogens is 1. The molecule has 2 nitrogen and oxygen atoms in total. The number of nitrogens with zero attached hydrogens (tertiary/aromatic N) is 1. The Morgan fingerprint density at radius 3 is 2.23 bits per heavy atom. The zero-order valence-electron chi connectivity index (χ0n) is 15.5. The van der Waals surface area contributed by atoms with E-state index in [-0.39, 0.29) is 24.0 Å². The maximum Gasteiger partial charge on any atom is 0.235 e. The molecule has 0 saturated carbocycles. The van der Waals surface area contributed by atoms with Crippen LogP contribution in [0.4, 0.5) is 0 Å². The van der Waals surface area contributed by atoms with Gasteiger partial charge in [0.25, 0.3) is 0 Å². The highest BCUT2D eigenvalue weighted by molar-refractivity contribution is 5.88. The summed E-state index contributed by atoms with van der Waals surface area (Å²) in [5, 5.41) is 2.46. The lowest BCUT2D eigenvalue weighted by Crippen LogP contribution is -3.00. The maximum atomic E-state index is 5.93. The Morgan fingerprint density at radius 2 is 1.42 bits per heavy atom. The van der Waals surface area contributed by atoms with E-state index in [4.69, 9.17) is 4.74 Å². The second kappa shape index (κ2) is 11.2. The molecule has 1 aromatic heterocycles. The summed E-state index contributed by atoms with van der Waals surface area (Å²) >= 11 is 0. The molecule has 0 aliphatic carbocycles. The number of fused-ring (bicyclic) bond motifs is 1. The lowest BCUT2D eigenvalue weighted by atomic mass is 10.0. The predicted molar refractivity (Wildman–Crippen MR) is 109 cm³/mol. The van der Waals surface area contributed by atoms with Crippen molar-refractivity contribution in [1.82, 2.24) is 4.98 Å². The molecular formula is C23H29INO+. The fourth-order valence-corrected chi connectivity index (χ4v) is 3.11. The van der Waals surface area contributed by atoms with Gasteiger partial charge in [-0.25, -0.2) is 0 Å². The van der Waals surface area contributed by atoms with E-state index in [0.29, 0.717) is 0 Å². The summed E-state index contributed by atoms with van der Waals surface area (Å²) in [6, 6.07) is 17.0. The molecule has 3 heteroatoms. The standard InChI is InChI=1S/C23H27NO.H2I/c1-2-3-4-5-6-7-16-25-23-11-10-21-17-20(8-9-22(21)18-23)19-12-14-24-15-13-19;/h8-15,17-18H,2-7,16H2,1H3;1H2/q;+1. The van der Waals surface area contributed by atoms with Gasteiger partial charge in [0, 0.05) is 12.4 Å². The molecule has 1 heterocycles. The number of hydrogen-bond donors (Lipinski definition) is 0. The smallest absolute Gasteiger partial charge is 0.235 e. The first kappa shape index (κ1) is 20.7. The molecule has 0 radical (unpaired) electrons. The van der Waals surface area contributed by atoms with Crippen molar-refractivity contribution < 1.29 is 28.7 Å². The summed E-state index contributed by atoms with van der Waals surface area (Å²) < 4.78 is 5.93. The summed E-state index contributed by atoms with van der Waals surface area (Å²) in [5.41, 5.74) is 2.41. The molecule has 2 aromatic carbocycles. The Bertz CT molecular complexity index is 789. The zero-order chi connectivity index (χ0) is 17.3. The van der Waals surface area contributed by atoms with Crippen molar-refractivity contribution in [1.29, 1.82) is 0 Å². The highest BCUT2D eigenvalue weighted by Crippen LogP contribution is 2.27. The van der Waals surface area contributed by atoms with Gasteiger partial charge in [-0.1, -0.05) is 57.2 Å². The molecule has 0 saturated heterocycles. The number of halogens is 1. The normalized spacial score (nSPS) is 10.5. The fourth-order valence-electron chi connectivity index (χ4n) is 3.11. The van der Waals surface area contributed by atoms with E-state index in [1.807, 2.05) is 24.5 Å². The second-order valence-electron chi connectivity index (χ2n) is 6.58. The Kier molecular flexibility index (Phi) is 8.89. The Hall–Kier alpha value is -1.62. The third kappa shape index (κ3) is 5.97. The van der Waals surface area contributed by atoms with Gasteiger partial charge in [-0.3, -0.25) is 4.98 Å². The number of ether oxygens (including phenoxy) is 1. The summed E-state index contributed by atoms with van der Waals surface area (Å²) in [5.74, 6) is 0.970. The van der Waals surface area contributed by atoms with Gasteiger partial charge in [-0.05, 0) is 58.7 Å². The predicted octanol–water partition coefficient (Wildman–Crippen LogP) is 3.11. The lowest BCUT2D eigenvalue weighted by molar-refractivity contribution is -0.00000562. The molecule has 26 heavy (non-hydrogen) atoms. The van der Waals surface area contributed by atoms with Crippen molar-refractivity contribution in [3.8, 4) is 16.9 Å². The van der Waals surface area contributed by atoms with Gasteiger partial charge >= 0.3 is 0 Å². The van der Waals surface area contributed by atoms with Crippen molar-refractivity contribution in [2.24, 2.45) is 0 Å². The molecule has 3 rings (SSSR count). The van der Waals surface area contributed by atoms with Gasteiger partial charge in [0.15, 0.2) is 0 Å². The number of unbranched alkanes of at least 4 members (excludes halogenated alkanes) is 5. The third-order valence-corrected chi connectivity index (χ3v) is 4.59. The molecule has 3 aromatic rings. The minimum atomic E-state index is 0. The monoisotopic (exact) mass is 462 g/mol. The van der Waals surface area contributed by atoms with Gasteiger partial charge in [0.2, 0.25) is 24.0 Å². The van der Waals surface area contributed by atoms with E-state index in [2.05, 4.69) is 48.3 Å². The van der Waals surface area contributed by atoms with Crippen LogP contribution in [0.5, 0.6) is 5.75 Å². The summed E-state index contributed by atoms with van der Waals surface area (Å²) in [6.45, 7) is 3.07. The number of benzene rings is 2. The minimum Gasteiger partial charge on any atom is -0.494 e. The van der Waals surface area contributed by atoms with Crippen LogP contribution in [0, 0.1) is 0 Å². The van der Waals surface area contributed by atoms with Gasteiger partial charge < -0.3 is 4.74 Å². The highest BCUT2D eigenvalue weighted by atomic mass is 127. The van der Waals surface area contributed by atoms with Crippen molar-refractivity contribution >= 4 is 10.8 Å². The zero-order valence-corrected chi connectivity index (χ0v) is 18.1. The first-order valence-electron chi connectivity index (χ1n) is 9.44. The minimum absolute atomic E-state index is 0. The first-order valence-corrected chi connectivity index (χ1v) is 9.44. The molecule has 0 bridgehead atoms. The molecule has 0 amide bonds. The molecule has 0 aliphatic heterocycles. The van der Waals surface area contributed by atoms with E-state index in [0.717, 1.165) is 18.8 Å². The summed E-state index contributed by atoms with van der Waals surface area (Å²) in [6.07, 6.45) is 11.4. The molecule has 0 atom stereocenters. The summed E-state index contributed by atoms with van der Waals surface area (Å²) in [4.78, 5) is 4.08. The highest BCUT2D eigenvalue weighted by Gasteiger charge is 2.02. The van der Waals surface area contributed by atoms with Crippen LogP contribution in [0.1, 0.15) is 45.4 Å². The van der Waals surface area contributed by atoms with Crippen molar-refractivity contribution in [3.63, 3.8) is 0 Å².